The quantitative estimate of drug-likeness (QED) is 0.236. The van der Waals surface area contributed by atoms with Crippen LogP contribution in [-0.2, 0) is 10.3 Å². The zero-order valence-corrected chi connectivity index (χ0v) is 22.7. The maximum Gasteiger partial charge on any atom is 0.317 e. The van der Waals surface area contributed by atoms with Crippen molar-refractivity contribution in [2.45, 2.75) is 82.0 Å². The van der Waals surface area contributed by atoms with Crippen LogP contribution in [0.3, 0.4) is 0 Å². The highest BCUT2D eigenvalue weighted by Crippen LogP contribution is 2.41. The van der Waals surface area contributed by atoms with Gasteiger partial charge >= 0.3 is 6.03 Å². The fraction of sp³-hybridized carbons (Fsp3) is 0.750. The number of benzene rings is 1. The number of carbonyl (C=O) groups is 1. The third-order valence-corrected chi connectivity index (χ3v) is 8.28. The summed E-state index contributed by atoms with van der Waals surface area (Å²) >= 11 is 0. The molecule has 0 bridgehead atoms. The van der Waals surface area contributed by atoms with Crippen LogP contribution in [0.1, 0.15) is 69.8 Å². The predicted octanol–water partition coefficient (Wildman–Crippen LogP) is 4.06. The molecule has 2 aliphatic rings. The summed E-state index contributed by atoms with van der Waals surface area (Å²) in [4.78, 5) is 14.9. The maximum absolute atomic E-state index is 14.9. The van der Waals surface area contributed by atoms with Crippen LogP contribution in [0.25, 0.3) is 0 Å². The molecule has 1 saturated heterocycles. The van der Waals surface area contributed by atoms with Crippen LogP contribution in [0, 0.1) is 29.3 Å². The number of piperidine rings is 1. The minimum atomic E-state index is -1.87. The first kappa shape index (κ1) is 30.7. The first-order valence-corrected chi connectivity index (χ1v) is 14.0. The number of likely N-dealkylation sites (N-methyl/N-ethyl adjacent to an activating group) is 1. The molecule has 38 heavy (non-hydrogen) atoms. The molecular formula is C28H44F3N3O4. The number of aliphatic hydroxyl groups excluding tert-OH is 1. The van der Waals surface area contributed by atoms with Gasteiger partial charge in [0, 0.05) is 50.9 Å². The summed E-state index contributed by atoms with van der Waals surface area (Å²) in [5, 5.41) is 28.9. The van der Waals surface area contributed by atoms with Crippen LogP contribution in [0.15, 0.2) is 12.1 Å². The molecule has 7 nitrogen and oxygen atoms in total. The van der Waals surface area contributed by atoms with E-state index >= 15 is 0 Å². The van der Waals surface area contributed by atoms with Crippen molar-refractivity contribution in [1.82, 2.24) is 15.5 Å². The second kappa shape index (κ2) is 14.5. The van der Waals surface area contributed by atoms with Crippen molar-refractivity contribution < 1.29 is 32.9 Å². The summed E-state index contributed by atoms with van der Waals surface area (Å²) in [5.41, 5.74) is -2.29. The van der Waals surface area contributed by atoms with Crippen molar-refractivity contribution in [2.75, 3.05) is 40.4 Å². The van der Waals surface area contributed by atoms with Gasteiger partial charge in [-0.2, -0.15) is 0 Å². The second-order valence-electron chi connectivity index (χ2n) is 10.9. The number of nitrogens with one attached hydrogen (secondary N) is 2. The lowest BCUT2D eigenvalue weighted by Crippen LogP contribution is -2.57. The van der Waals surface area contributed by atoms with E-state index in [1.165, 1.54) is 0 Å². The van der Waals surface area contributed by atoms with Crippen molar-refractivity contribution in [1.29, 1.82) is 0 Å². The Morgan fingerprint density at radius 2 is 1.89 bits per heavy atom. The van der Waals surface area contributed by atoms with Gasteiger partial charge in [0.05, 0.1) is 17.7 Å². The minimum Gasteiger partial charge on any atom is -0.391 e. The van der Waals surface area contributed by atoms with Gasteiger partial charge < -0.3 is 30.5 Å². The number of hydrogen-bond acceptors (Lipinski definition) is 5. The molecule has 1 aromatic carbocycles. The molecule has 1 saturated carbocycles. The van der Waals surface area contributed by atoms with Gasteiger partial charge in [0.2, 0.25) is 0 Å². The number of unbranched alkanes of at least 4 members (excludes halogenated alkanes) is 1. The Morgan fingerprint density at radius 3 is 2.58 bits per heavy atom. The summed E-state index contributed by atoms with van der Waals surface area (Å²) in [6.07, 6.45) is 6.56. The molecule has 2 amide bonds. The molecule has 10 heteroatoms. The Morgan fingerprint density at radius 1 is 1.16 bits per heavy atom. The van der Waals surface area contributed by atoms with Gasteiger partial charge in [0.25, 0.3) is 0 Å². The van der Waals surface area contributed by atoms with Crippen LogP contribution in [0.4, 0.5) is 18.0 Å². The second-order valence-corrected chi connectivity index (χ2v) is 10.9. The van der Waals surface area contributed by atoms with E-state index < -0.39 is 46.7 Å². The molecule has 216 valence electrons. The Balaban J connectivity index is 1.78. The van der Waals surface area contributed by atoms with E-state index in [1.54, 1.807) is 19.1 Å². The number of urea groups is 1. The lowest BCUT2D eigenvalue weighted by molar-refractivity contribution is -0.0596. The van der Waals surface area contributed by atoms with Crippen LogP contribution in [-0.4, -0.2) is 73.7 Å². The van der Waals surface area contributed by atoms with E-state index in [0.717, 1.165) is 38.2 Å². The highest BCUT2D eigenvalue weighted by atomic mass is 19.2. The van der Waals surface area contributed by atoms with Crippen LogP contribution >= 0.6 is 0 Å². The molecule has 1 heterocycles. The molecule has 2 fully saturated rings. The highest BCUT2D eigenvalue weighted by Gasteiger charge is 2.44. The maximum atomic E-state index is 14.9. The van der Waals surface area contributed by atoms with Gasteiger partial charge in [-0.1, -0.05) is 19.3 Å². The molecule has 0 aromatic heterocycles. The van der Waals surface area contributed by atoms with E-state index in [2.05, 4.69) is 10.6 Å². The van der Waals surface area contributed by atoms with E-state index in [9.17, 15) is 28.2 Å². The molecule has 0 spiro atoms. The molecule has 4 N–H and O–H groups in total. The van der Waals surface area contributed by atoms with Gasteiger partial charge in [0.1, 0.15) is 5.82 Å². The molecule has 3 rings (SSSR count). The zero-order valence-electron chi connectivity index (χ0n) is 22.7. The highest BCUT2D eigenvalue weighted by molar-refractivity contribution is 5.74. The van der Waals surface area contributed by atoms with Gasteiger partial charge in [0.15, 0.2) is 11.6 Å². The third kappa shape index (κ3) is 7.61. The SMILES string of the molecule is CNC[C@@H](NC(=O)N1CCC[C@@H]([C@@](O)(CCCCOC)c2cc(F)cc(F)c2F)C1)[C@@H](O)C1CCCCC1. The van der Waals surface area contributed by atoms with Crippen LogP contribution in [0.5, 0.6) is 0 Å². The lowest BCUT2D eigenvalue weighted by atomic mass is 9.74. The Labute approximate surface area is 224 Å². The number of rotatable bonds is 12. The third-order valence-electron chi connectivity index (χ3n) is 8.28. The molecule has 0 unspecified atom stereocenters. The van der Waals surface area contributed by atoms with E-state index in [4.69, 9.17) is 4.74 Å². The number of ether oxygens (including phenoxy) is 1. The summed E-state index contributed by atoms with van der Waals surface area (Å²) in [7, 11) is 3.32. The van der Waals surface area contributed by atoms with Gasteiger partial charge in [-0.15, -0.1) is 0 Å². The molecule has 1 aromatic rings. The molecule has 4 atom stereocenters. The van der Waals surface area contributed by atoms with Gasteiger partial charge in [-0.25, -0.2) is 18.0 Å². The first-order valence-electron chi connectivity index (χ1n) is 14.0. The fourth-order valence-electron chi connectivity index (χ4n) is 6.15. The van der Waals surface area contributed by atoms with Crippen LogP contribution in [0.2, 0.25) is 0 Å². The summed E-state index contributed by atoms with van der Waals surface area (Å²) in [6.45, 7) is 1.35. The van der Waals surface area contributed by atoms with Gasteiger partial charge in [-0.05, 0) is 64.0 Å². The summed E-state index contributed by atoms with van der Waals surface area (Å²) in [5.74, 6) is -4.10. The largest absolute Gasteiger partial charge is 0.391 e. The van der Waals surface area contributed by atoms with Crippen molar-refractivity contribution in [3.63, 3.8) is 0 Å². The summed E-state index contributed by atoms with van der Waals surface area (Å²) in [6, 6.07) is 0.456. The number of halogens is 3. The number of hydrogen-bond donors (Lipinski definition) is 4. The van der Waals surface area contributed by atoms with Crippen LogP contribution < -0.4 is 10.6 Å². The number of amides is 2. The van der Waals surface area contributed by atoms with Gasteiger partial charge in [-0.3, -0.25) is 0 Å². The normalized spacial score (nSPS) is 22.1. The Kier molecular flexibility index (Phi) is 11.7. The number of likely N-dealkylation sites (tertiary alicyclic amines) is 1. The molecule has 1 aliphatic heterocycles. The fourth-order valence-corrected chi connectivity index (χ4v) is 6.15. The zero-order chi connectivity index (χ0) is 27.7. The number of methoxy groups -OCH3 is 1. The molecule has 0 radical (unpaired) electrons. The van der Waals surface area contributed by atoms with E-state index in [0.29, 0.717) is 51.4 Å². The first-order chi connectivity index (χ1) is 18.2. The number of nitrogens with zero attached hydrogens (tertiary/aromatic N) is 1. The lowest BCUT2D eigenvalue weighted by Gasteiger charge is -2.43. The van der Waals surface area contributed by atoms with Crippen molar-refractivity contribution >= 4 is 6.03 Å². The monoisotopic (exact) mass is 543 g/mol. The summed E-state index contributed by atoms with van der Waals surface area (Å²) < 4.78 is 48.3. The van der Waals surface area contributed by atoms with Crippen molar-refractivity contribution in [3.05, 3.63) is 35.1 Å². The topological polar surface area (TPSA) is 94.1 Å². The minimum absolute atomic E-state index is 0.0685. The number of carbonyl (C=O) groups excluding carboxylic acids is 1. The predicted molar refractivity (Wildman–Crippen MR) is 139 cm³/mol. The van der Waals surface area contributed by atoms with E-state index in [-0.39, 0.29) is 24.9 Å². The number of aliphatic hydroxyl groups is 2. The van der Waals surface area contributed by atoms with E-state index in [1.807, 2.05) is 0 Å². The van der Waals surface area contributed by atoms with Crippen molar-refractivity contribution in [3.8, 4) is 0 Å². The van der Waals surface area contributed by atoms with Crippen molar-refractivity contribution in [2.24, 2.45) is 11.8 Å². The average Bonchev–Trinajstić information content (AvgIpc) is 2.92. The average molecular weight is 544 g/mol. The molecule has 1 aliphatic carbocycles. The standard InChI is InChI=1S/C28H44F3N3O4/c1-32-17-24(26(35)19-9-4-3-5-10-19)33-27(36)34-13-8-11-20(18-34)28(37,12-6-7-14-38-2)22-15-21(29)16-23(30)25(22)31/h15-16,19-20,24,26,32,35,37H,3-14,17-18H2,1-2H3,(H,33,36)/t20-,24-,26+,28+/m1/s1. The Hall–Kier alpha value is -1.88. The molecular weight excluding hydrogens is 499 g/mol. The smallest absolute Gasteiger partial charge is 0.317 e. The Bertz CT molecular complexity index is 902.